The van der Waals surface area contributed by atoms with Crippen LogP contribution in [0, 0.1) is 17.8 Å². The highest BCUT2D eigenvalue weighted by molar-refractivity contribution is 5.78. The lowest BCUT2D eigenvalue weighted by Gasteiger charge is -2.34. The van der Waals surface area contributed by atoms with Crippen LogP contribution in [0.3, 0.4) is 0 Å². The predicted molar refractivity (Wildman–Crippen MR) is 58.0 cm³/mol. The first kappa shape index (κ1) is 11.5. The Morgan fingerprint density at radius 3 is 2.36 bits per heavy atom. The Labute approximate surface area is 86.9 Å². The second-order valence-corrected chi connectivity index (χ2v) is 4.82. The molecule has 1 heterocycles. The second kappa shape index (κ2) is 4.78. The first-order chi connectivity index (χ1) is 6.52. The molecule has 1 fully saturated rings. The van der Waals surface area contributed by atoms with Crippen molar-refractivity contribution >= 4 is 5.91 Å². The number of hydrogen-bond donors (Lipinski definition) is 1. The molecule has 1 N–H and O–H groups in total. The molecule has 1 unspecified atom stereocenters. The first-order valence-electron chi connectivity index (χ1n) is 5.48. The van der Waals surface area contributed by atoms with Crippen LogP contribution in [0.4, 0.5) is 0 Å². The Morgan fingerprint density at radius 2 is 2.00 bits per heavy atom. The van der Waals surface area contributed by atoms with Gasteiger partial charge in [0.25, 0.3) is 0 Å². The van der Waals surface area contributed by atoms with Gasteiger partial charge in [-0.3, -0.25) is 4.79 Å². The lowest BCUT2D eigenvalue weighted by molar-refractivity contribution is -0.136. The van der Waals surface area contributed by atoms with Crippen LogP contribution in [-0.2, 0) is 4.79 Å². The van der Waals surface area contributed by atoms with E-state index in [0.717, 1.165) is 19.6 Å². The number of carbonyl (C=O) groups is 1. The summed E-state index contributed by atoms with van der Waals surface area (Å²) in [4.78, 5) is 13.8. The highest BCUT2D eigenvalue weighted by Gasteiger charge is 2.30. The van der Waals surface area contributed by atoms with Crippen molar-refractivity contribution in [3.05, 3.63) is 0 Å². The maximum Gasteiger partial charge on any atom is 0.225 e. The Bertz CT molecular complexity index is 199. The smallest absolute Gasteiger partial charge is 0.225 e. The van der Waals surface area contributed by atoms with Crippen LogP contribution in [-0.4, -0.2) is 37.5 Å². The Hall–Kier alpha value is -0.570. The number of amides is 1. The van der Waals surface area contributed by atoms with Gasteiger partial charge >= 0.3 is 0 Å². The minimum Gasteiger partial charge on any atom is -0.345 e. The molecule has 3 heteroatoms. The molecule has 1 aliphatic rings. The molecule has 0 saturated carbocycles. The fourth-order valence-electron chi connectivity index (χ4n) is 1.85. The number of nitrogens with zero attached hydrogens (tertiary/aromatic N) is 1. The quantitative estimate of drug-likeness (QED) is 0.729. The standard InChI is InChI=1S/C11H22N2O/c1-8(2)7-13(4)11(14)9(3)10-5-12-6-10/h8-10,12H,5-7H2,1-4H3. The molecule has 0 aromatic carbocycles. The van der Waals surface area contributed by atoms with E-state index in [4.69, 9.17) is 0 Å². The predicted octanol–water partition coefficient (Wildman–Crippen LogP) is 0.956. The van der Waals surface area contributed by atoms with Crippen molar-refractivity contribution in [3.8, 4) is 0 Å². The summed E-state index contributed by atoms with van der Waals surface area (Å²) in [6, 6.07) is 0. The van der Waals surface area contributed by atoms with Gasteiger partial charge in [-0.15, -0.1) is 0 Å². The zero-order valence-corrected chi connectivity index (χ0v) is 9.71. The largest absolute Gasteiger partial charge is 0.345 e. The average molecular weight is 198 g/mol. The minimum absolute atomic E-state index is 0.181. The number of rotatable bonds is 4. The van der Waals surface area contributed by atoms with Gasteiger partial charge in [-0.1, -0.05) is 20.8 Å². The van der Waals surface area contributed by atoms with Crippen LogP contribution in [0.25, 0.3) is 0 Å². The van der Waals surface area contributed by atoms with Crippen LogP contribution in [0.2, 0.25) is 0 Å². The fraction of sp³-hybridized carbons (Fsp3) is 0.909. The van der Waals surface area contributed by atoms with Gasteiger partial charge in [0.1, 0.15) is 0 Å². The van der Waals surface area contributed by atoms with Crippen LogP contribution in [0.15, 0.2) is 0 Å². The number of carbonyl (C=O) groups excluding carboxylic acids is 1. The molecule has 82 valence electrons. The lowest BCUT2D eigenvalue weighted by atomic mass is 9.88. The van der Waals surface area contributed by atoms with Crippen molar-refractivity contribution in [1.29, 1.82) is 0 Å². The maximum absolute atomic E-state index is 11.9. The van der Waals surface area contributed by atoms with Crippen LogP contribution < -0.4 is 5.32 Å². The van der Waals surface area contributed by atoms with Gasteiger partial charge in [-0.25, -0.2) is 0 Å². The molecule has 1 saturated heterocycles. The fourth-order valence-corrected chi connectivity index (χ4v) is 1.85. The molecule has 1 rings (SSSR count). The molecular weight excluding hydrogens is 176 g/mol. The van der Waals surface area contributed by atoms with E-state index in [1.165, 1.54) is 0 Å². The summed E-state index contributed by atoms with van der Waals surface area (Å²) in [5.41, 5.74) is 0. The van der Waals surface area contributed by atoms with Gasteiger partial charge < -0.3 is 10.2 Å². The molecule has 1 amide bonds. The minimum atomic E-state index is 0.181. The van der Waals surface area contributed by atoms with Gasteiger partial charge in [0.05, 0.1) is 0 Å². The van der Waals surface area contributed by atoms with E-state index in [0.29, 0.717) is 17.7 Å². The third-order valence-corrected chi connectivity index (χ3v) is 2.92. The van der Waals surface area contributed by atoms with Gasteiger partial charge in [0.2, 0.25) is 5.91 Å². The zero-order chi connectivity index (χ0) is 10.7. The summed E-state index contributed by atoms with van der Waals surface area (Å²) in [5.74, 6) is 1.58. The summed E-state index contributed by atoms with van der Waals surface area (Å²) in [6.07, 6.45) is 0. The SMILES string of the molecule is CC(C)CN(C)C(=O)C(C)C1CNC1. The average Bonchev–Trinajstić information content (AvgIpc) is 1.98. The van der Waals surface area contributed by atoms with E-state index in [1.54, 1.807) is 0 Å². The third kappa shape index (κ3) is 2.71. The highest BCUT2D eigenvalue weighted by atomic mass is 16.2. The summed E-state index contributed by atoms with van der Waals surface area (Å²) in [5, 5.41) is 3.21. The summed E-state index contributed by atoms with van der Waals surface area (Å²) in [7, 11) is 1.91. The van der Waals surface area contributed by atoms with Crippen LogP contribution in [0.5, 0.6) is 0 Å². The highest BCUT2D eigenvalue weighted by Crippen LogP contribution is 2.18. The molecule has 1 atom stereocenters. The Morgan fingerprint density at radius 1 is 1.43 bits per heavy atom. The van der Waals surface area contributed by atoms with Crippen LogP contribution in [0.1, 0.15) is 20.8 Å². The Kier molecular flexibility index (Phi) is 3.93. The molecule has 3 nitrogen and oxygen atoms in total. The molecule has 14 heavy (non-hydrogen) atoms. The molecule has 0 aromatic rings. The van der Waals surface area contributed by atoms with Crippen molar-refractivity contribution in [1.82, 2.24) is 10.2 Å². The maximum atomic E-state index is 11.9. The van der Waals surface area contributed by atoms with Gasteiger partial charge in [-0.2, -0.15) is 0 Å². The van der Waals surface area contributed by atoms with Crippen LogP contribution >= 0.6 is 0 Å². The van der Waals surface area contributed by atoms with Gasteiger partial charge in [0.15, 0.2) is 0 Å². The van der Waals surface area contributed by atoms with E-state index in [2.05, 4.69) is 19.2 Å². The van der Waals surface area contributed by atoms with E-state index in [1.807, 2.05) is 18.9 Å². The normalized spacial score (nSPS) is 19.2. The van der Waals surface area contributed by atoms with Crippen molar-refractivity contribution in [2.75, 3.05) is 26.7 Å². The second-order valence-electron chi connectivity index (χ2n) is 4.82. The lowest BCUT2D eigenvalue weighted by Crippen LogP contribution is -2.50. The van der Waals surface area contributed by atoms with E-state index in [-0.39, 0.29) is 5.92 Å². The van der Waals surface area contributed by atoms with Gasteiger partial charge in [0, 0.05) is 19.5 Å². The monoisotopic (exact) mass is 198 g/mol. The number of nitrogens with one attached hydrogen (secondary N) is 1. The third-order valence-electron chi connectivity index (χ3n) is 2.92. The number of hydrogen-bond acceptors (Lipinski definition) is 2. The molecule has 0 bridgehead atoms. The van der Waals surface area contributed by atoms with Crippen molar-refractivity contribution in [2.24, 2.45) is 17.8 Å². The molecule has 1 aliphatic heterocycles. The molecule has 0 aromatic heterocycles. The molecule has 0 radical (unpaired) electrons. The van der Waals surface area contributed by atoms with Gasteiger partial charge in [-0.05, 0) is 24.9 Å². The van der Waals surface area contributed by atoms with E-state index in [9.17, 15) is 4.79 Å². The van der Waals surface area contributed by atoms with Crippen molar-refractivity contribution < 1.29 is 4.79 Å². The summed E-state index contributed by atoms with van der Waals surface area (Å²) < 4.78 is 0. The first-order valence-corrected chi connectivity index (χ1v) is 5.48. The van der Waals surface area contributed by atoms with E-state index >= 15 is 0 Å². The molecule has 0 aliphatic carbocycles. The molecular formula is C11H22N2O. The van der Waals surface area contributed by atoms with E-state index < -0.39 is 0 Å². The topological polar surface area (TPSA) is 32.3 Å². The van der Waals surface area contributed by atoms with Crippen molar-refractivity contribution in [3.63, 3.8) is 0 Å². The molecule has 0 spiro atoms. The zero-order valence-electron chi connectivity index (χ0n) is 9.71. The summed E-state index contributed by atoms with van der Waals surface area (Å²) >= 11 is 0. The Balaban J connectivity index is 2.38. The summed E-state index contributed by atoms with van der Waals surface area (Å²) in [6.45, 7) is 9.19. The van der Waals surface area contributed by atoms with Crippen molar-refractivity contribution in [2.45, 2.75) is 20.8 Å².